The first kappa shape index (κ1) is 18.9. The molecule has 1 saturated carbocycles. The number of hydrogen-bond acceptors (Lipinski definition) is 3. The SMILES string of the molecule is C[C@H](NC(=O)c1cc(C2CC2)nn1C(C)(C)C)c1ccc(NC(N)=O)cc1. The van der Waals surface area contributed by atoms with Crippen molar-refractivity contribution in [1.29, 1.82) is 0 Å². The summed E-state index contributed by atoms with van der Waals surface area (Å²) in [6, 6.07) is 8.35. The van der Waals surface area contributed by atoms with E-state index in [2.05, 4.69) is 15.7 Å². The van der Waals surface area contributed by atoms with E-state index >= 15 is 0 Å². The van der Waals surface area contributed by atoms with Gasteiger partial charge in [-0.1, -0.05) is 12.1 Å². The Labute approximate surface area is 159 Å². The van der Waals surface area contributed by atoms with Crippen molar-refractivity contribution < 1.29 is 9.59 Å². The topological polar surface area (TPSA) is 102 Å². The number of primary amides is 1. The predicted octanol–water partition coefficient (Wildman–Crippen LogP) is 3.50. The molecule has 2 aromatic rings. The van der Waals surface area contributed by atoms with Gasteiger partial charge in [0.1, 0.15) is 5.69 Å². The van der Waals surface area contributed by atoms with Gasteiger partial charge in [-0.3, -0.25) is 9.48 Å². The highest BCUT2D eigenvalue weighted by Crippen LogP contribution is 2.40. The van der Waals surface area contributed by atoms with Crippen LogP contribution in [0.3, 0.4) is 0 Å². The Kier molecular flexibility index (Phi) is 4.95. The maximum absolute atomic E-state index is 12.9. The summed E-state index contributed by atoms with van der Waals surface area (Å²) in [5.41, 5.74) is 7.98. The molecule has 3 rings (SSSR count). The van der Waals surface area contributed by atoms with Crippen LogP contribution in [0.15, 0.2) is 30.3 Å². The first-order chi connectivity index (χ1) is 12.6. The van der Waals surface area contributed by atoms with Crippen molar-refractivity contribution in [1.82, 2.24) is 15.1 Å². The number of urea groups is 1. The molecule has 1 atom stereocenters. The van der Waals surface area contributed by atoms with E-state index in [0.717, 1.165) is 24.1 Å². The third kappa shape index (κ3) is 4.48. The molecule has 0 unspecified atom stereocenters. The molecule has 1 fully saturated rings. The Morgan fingerprint density at radius 1 is 1.22 bits per heavy atom. The zero-order chi connectivity index (χ0) is 19.8. The van der Waals surface area contributed by atoms with Gasteiger partial charge in [0.15, 0.2) is 0 Å². The molecule has 1 aliphatic carbocycles. The first-order valence-corrected chi connectivity index (χ1v) is 9.23. The molecule has 144 valence electrons. The van der Waals surface area contributed by atoms with Crippen molar-refractivity contribution in [2.75, 3.05) is 5.32 Å². The number of carbonyl (C=O) groups excluding carboxylic acids is 2. The second-order valence-corrected chi connectivity index (χ2v) is 8.12. The summed E-state index contributed by atoms with van der Waals surface area (Å²) in [5, 5.41) is 10.3. The molecule has 1 aliphatic rings. The van der Waals surface area contributed by atoms with Gasteiger partial charge in [0.25, 0.3) is 5.91 Å². The number of aromatic nitrogens is 2. The van der Waals surface area contributed by atoms with Crippen molar-refractivity contribution in [2.45, 2.75) is 58.0 Å². The van der Waals surface area contributed by atoms with Crippen LogP contribution in [-0.4, -0.2) is 21.7 Å². The molecule has 3 amide bonds. The second kappa shape index (κ2) is 7.06. The van der Waals surface area contributed by atoms with E-state index in [1.165, 1.54) is 0 Å². The zero-order valence-electron chi connectivity index (χ0n) is 16.2. The molecule has 27 heavy (non-hydrogen) atoms. The smallest absolute Gasteiger partial charge is 0.316 e. The highest BCUT2D eigenvalue weighted by molar-refractivity contribution is 5.93. The molecule has 0 bridgehead atoms. The van der Waals surface area contributed by atoms with Crippen LogP contribution in [0.5, 0.6) is 0 Å². The van der Waals surface area contributed by atoms with Gasteiger partial charge in [-0.25, -0.2) is 4.79 Å². The normalized spacial score (nSPS) is 15.3. The number of hydrogen-bond donors (Lipinski definition) is 3. The number of nitrogens with zero attached hydrogens (tertiary/aromatic N) is 2. The molecule has 7 heteroatoms. The summed E-state index contributed by atoms with van der Waals surface area (Å²) in [5.74, 6) is 0.346. The average molecular weight is 369 g/mol. The van der Waals surface area contributed by atoms with Gasteiger partial charge >= 0.3 is 6.03 Å². The number of rotatable bonds is 5. The summed E-state index contributed by atoms with van der Waals surface area (Å²) in [6.07, 6.45) is 2.29. The lowest BCUT2D eigenvalue weighted by Gasteiger charge is -2.23. The minimum Gasteiger partial charge on any atom is -0.351 e. The van der Waals surface area contributed by atoms with Gasteiger partial charge in [0.05, 0.1) is 17.3 Å². The molecule has 1 aromatic heterocycles. The highest BCUT2D eigenvalue weighted by Gasteiger charge is 2.31. The summed E-state index contributed by atoms with van der Waals surface area (Å²) in [6.45, 7) is 8.05. The van der Waals surface area contributed by atoms with E-state index < -0.39 is 6.03 Å². The summed E-state index contributed by atoms with van der Waals surface area (Å²) >= 11 is 0. The zero-order valence-corrected chi connectivity index (χ0v) is 16.2. The fourth-order valence-electron chi connectivity index (χ4n) is 3.00. The van der Waals surface area contributed by atoms with Crippen LogP contribution < -0.4 is 16.4 Å². The minimum absolute atomic E-state index is 0.142. The lowest BCUT2D eigenvalue weighted by molar-refractivity contribution is 0.0921. The van der Waals surface area contributed by atoms with Crippen LogP contribution in [0.4, 0.5) is 10.5 Å². The second-order valence-electron chi connectivity index (χ2n) is 8.12. The molecule has 0 aliphatic heterocycles. The molecule has 0 saturated heterocycles. The van der Waals surface area contributed by atoms with Crippen LogP contribution in [-0.2, 0) is 5.54 Å². The molecule has 0 spiro atoms. The Morgan fingerprint density at radius 3 is 2.37 bits per heavy atom. The Morgan fingerprint density at radius 2 is 1.85 bits per heavy atom. The van der Waals surface area contributed by atoms with E-state index in [0.29, 0.717) is 17.3 Å². The van der Waals surface area contributed by atoms with E-state index in [1.54, 1.807) is 12.1 Å². The van der Waals surface area contributed by atoms with E-state index in [4.69, 9.17) is 5.73 Å². The molecule has 0 radical (unpaired) electrons. The van der Waals surface area contributed by atoms with Crippen molar-refractivity contribution >= 4 is 17.6 Å². The van der Waals surface area contributed by atoms with Crippen LogP contribution >= 0.6 is 0 Å². The van der Waals surface area contributed by atoms with Crippen LogP contribution in [0.2, 0.25) is 0 Å². The fraction of sp³-hybridized carbons (Fsp3) is 0.450. The molecule has 1 aromatic carbocycles. The Bertz CT molecular complexity index is 844. The molecule has 7 nitrogen and oxygen atoms in total. The highest BCUT2D eigenvalue weighted by atomic mass is 16.2. The number of anilines is 1. The maximum Gasteiger partial charge on any atom is 0.316 e. The fourth-order valence-corrected chi connectivity index (χ4v) is 3.00. The van der Waals surface area contributed by atoms with Gasteiger partial charge in [-0.2, -0.15) is 5.10 Å². The predicted molar refractivity (Wildman–Crippen MR) is 105 cm³/mol. The quantitative estimate of drug-likeness (QED) is 0.751. The third-order valence-electron chi connectivity index (χ3n) is 4.62. The van der Waals surface area contributed by atoms with Gasteiger partial charge in [0, 0.05) is 11.6 Å². The van der Waals surface area contributed by atoms with E-state index in [9.17, 15) is 9.59 Å². The van der Waals surface area contributed by atoms with Gasteiger partial charge in [-0.05, 0) is 64.3 Å². The minimum atomic E-state index is -0.606. The number of nitrogens with one attached hydrogen (secondary N) is 2. The lowest BCUT2D eigenvalue weighted by atomic mass is 10.1. The lowest BCUT2D eigenvalue weighted by Crippen LogP contribution is -2.33. The van der Waals surface area contributed by atoms with Crippen molar-refractivity contribution in [3.63, 3.8) is 0 Å². The largest absolute Gasteiger partial charge is 0.351 e. The van der Waals surface area contributed by atoms with Crippen LogP contribution in [0, 0.1) is 0 Å². The summed E-state index contributed by atoms with van der Waals surface area (Å²) in [7, 11) is 0. The third-order valence-corrected chi connectivity index (χ3v) is 4.62. The summed E-state index contributed by atoms with van der Waals surface area (Å²) < 4.78 is 1.82. The molecular formula is C20H27N5O2. The number of amides is 3. The molecule has 4 N–H and O–H groups in total. The molecule has 1 heterocycles. The monoisotopic (exact) mass is 369 g/mol. The Balaban J connectivity index is 1.75. The number of benzene rings is 1. The van der Waals surface area contributed by atoms with Crippen molar-refractivity contribution in [2.24, 2.45) is 5.73 Å². The summed E-state index contributed by atoms with van der Waals surface area (Å²) in [4.78, 5) is 23.8. The van der Waals surface area contributed by atoms with E-state index in [1.807, 2.05) is 50.6 Å². The maximum atomic E-state index is 12.9. The van der Waals surface area contributed by atoms with Gasteiger partial charge < -0.3 is 16.4 Å². The first-order valence-electron chi connectivity index (χ1n) is 9.23. The standard InChI is InChI=1S/C20H27N5O2/c1-12(13-7-9-15(10-8-13)23-19(21)27)22-18(26)17-11-16(14-5-6-14)24-25(17)20(2,3)4/h7-12,14H,5-6H2,1-4H3,(H,22,26)(H3,21,23,27)/t12-/m0/s1. The molecular weight excluding hydrogens is 342 g/mol. The Hall–Kier alpha value is -2.83. The van der Waals surface area contributed by atoms with Crippen molar-refractivity contribution in [3.05, 3.63) is 47.3 Å². The number of carbonyl (C=O) groups is 2. The van der Waals surface area contributed by atoms with Gasteiger partial charge in [-0.15, -0.1) is 0 Å². The average Bonchev–Trinajstić information content (AvgIpc) is 3.31. The van der Waals surface area contributed by atoms with E-state index in [-0.39, 0.29) is 17.5 Å². The number of nitrogens with two attached hydrogens (primary N) is 1. The van der Waals surface area contributed by atoms with Crippen LogP contribution in [0.1, 0.15) is 74.2 Å². The van der Waals surface area contributed by atoms with Crippen molar-refractivity contribution in [3.8, 4) is 0 Å². The van der Waals surface area contributed by atoms with Crippen LogP contribution in [0.25, 0.3) is 0 Å². The van der Waals surface area contributed by atoms with Gasteiger partial charge in [0.2, 0.25) is 0 Å².